The molecule has 0 bridgehead atoms. The van der Waals surface area contributed by atoms with Gasteiger partial charge in [0, 0.05) is 40.9 Å². The number of fused-ring (bicyclic) bond motifs is 5. The lowest BCUT2D eigenvalue weighted by Crippen LogP contribution is -2.53. The summed E-state index contributed by atoms with van der Waals surface area (Å²) in [5, 5.41) is 7.57. The molecule has 0 unspecified atom stereocenters. The lowest BCUT2D eigenvalue weighted by molar-refractivity contribution is -0.142. The maximum absolute atomic E-state index is 13.7. The second-order valence-electron chi connectivity index (χ2n) is 9.31. The number of aromatic amines is 1. The van der Waals surface area contributed by atoms with E-state index in [1.54, 1.807) is 0 Å². The summed E-state index contributed by atoms with van der Waals surface area (Å²) >= 11 is 0. The number of amides is 3. The van der Waals surface area contributed by atoms with E-state index < -0.39 is 17.4 Å². The van der Waals surface area contributed by atoms with Gasteiger partial charge in [-0.15, -0.1) is 0 Å². The molecule has 0 aliphatic carbocycles. The van der Waals surface area contributed by atoms with Crippen LogP contribution >= 0.6 is 0 Å². The highest BCUT2D eigenvalue weighted by Crippen LogP contribution is 2.53. The number of unbranched alkanes of at least 4 members (excludes halogenated alkanes) is 1. The van der Waals surface area contributed by atoms with Crippen LogP contribution in [0.25, 0.3) is 10.9 Å². The number of H-pyrrole nitrogens is 1. The number of benzene rings is 2. The number of carbonyl (C=O) groups excluding carboxylic acids is 3. The Labute approximate surface area is 191 Å². The van der Waals surface area contributed by atoms with E-state index in [-0.39, 0.29) is 23.8 Å². The molecule has 0 radical (unpaired) electrons. The van der Waals surface area contributed by atoms with E-state index in [4.69, 9.17) is 0 Å². The largest absolute Gasteiger partial charge is 0.361 e. The standard InChI is InChI=1S/C26H26N4O3/c1-2-3-12-30-23(31)21-20(13-15-14-27-18-10-6-4-8-16(15)18)29-26(22(21)24(30)32)17-9-5-7-11-19(17)28-25(26)33/h4-11,14,20-22,27,29H,2-3,12-13H2,1H3,(H,28,33)/t20-,21+,22-,26-/m0/s1. The zero-order valence-electron chi connectivity index (χ0n) is 18.4. The van der Waals surface area contributed by atoms with Crippen molar-refractivity contribution >= 4 is 34.3 Å². The van der Waals surface area contributed by atoms with Crippen LogP contribution in [-0.2, 0) is 26.3 Å². The van der Waals surface area contributed by atoms with Crippen molar-refractivity contribution in [2.75, 3.05) is 11.9 Å². The number of aromatic nitrogens is 1. The lowest BCUT2D eigenvalue weighted by Gasteiger charge is -2.29. The molecule has 0 saturated carbocycles. The second kappa shape index (κ2) is 7.28. The van der Waals surface area contributed by atoms with Gasteiger partial charge in [-0.3, -0.25) is 24.6 Å². The SMILES string of the molecule is CCCCN1C(=O)[C@@H]2[C@H](Cc3c[nH]c4ccccc34)N[C@]3(C(=O)Nc4ccccc43)[C@@H]2C1=O. The van der Waals surface area contributed by atoms with Crippen molar-refractivity contribution in [2.24, 2.45) is 11.8 Å². The van der Waals surface area contributed by atoms with Crippen molar-refractivity contribution in [2.45, 2.75) is 37.8 Å². The Morgan fingerprint density at radius 2 is 1.79 bits per heavy atom. The molecule has 3 amide bonds. The van der Waals surface area contributed by atoms with Gasteiger partial charge >= 0.3 is 0 Å². The third-order valence-corrected chi connectivity index (χ3v) is 7.56. The molecule has 3 aromatic rings. The fourth-order valence-electron chi connectivity index (χ4n) is 6.07. The van der Waals surface area contributed by atoms with Crippen LogP contribution in [0.2, 0.25) is 0 Å². The van der Waals surface area contributed by atoms with Crippen molar-refractivity contribution in [1.29, 1.82) is 0 Å². The summed E-state index contributed by atoms with van der Waals surface area (Å²) in [6.45, 7) is 2.44. The predicted molar refractivity (Wildman–Crippen MR) is 124 cm³/mol. The Morgan fingerprint density at radius 1 is 1.00 bits per heavy atom. The number of nitrogens with one attached hydrogen (secondary N) is 3. The maximum atomic E-state index is 13.7. The van der Waals surface area contributed by atoms with Gasteiger partial charge in [0.05, 0.1) is 11.8 Å². The van der Waals surface area contributed by atoms with Crippen LogP contribution in [-0.4, -0.2) is 40.2 Å². The molecule has 2 aromatic carbocycles. The number of hydrogen-bond donors (Lipinski definition) is 3. The van der Waals surface area contributed by atoms with E-state index in [0.717, 1.165) is 34.9 Å². The molecule has 1 spiro atoms. The number of anilines is 1. The molecule has 2 fully saturated rings. The molecule has 4 atom stereocenters. The molecular formula is C26H26N4O3. The molecule has 3 N–H and O–H groups in total. The van der Waals surface area contributed by atoms with Gasteiger partial charge in [0.15, 0.2) is 0 Å². The third kappa shape index (κ3) is 2.69. The topological polar surface area (TPSA) is 94.3 Å². The minimum absolute atomic E-state index is 0.162. The van der Waals surface area contributed by atoms with Crippen LogP contribution in [0.4, 0.5) is 5.69 Å². The van der Waals surface area contributed by atoms with E-state index in [9.17, 15) is 14.4 Å². The summed E-state index contributed by atoms with van der Waals surface area (Å²) in [6.07, 6.45) is 4.15. The number of rotatable bonds is 5. The maximum Gasteiger partial charge on any atom is 0.250 e. The minimum Gasteiger partial charge on any atom is -0.361 e. The van der Waals surface area contributed by atoms with E-state index in [1.165, 1.54) is 4.90 Å². The lowest BCUT2D eigenvalue weighted by atomic mass is 9.76. The highest BCUT2D eigenvalue weighted by molar-refractivity contribution is 6.15. The van der Waals surface area contributed by atoms with Crippen LogP contribution in [0, 0.1) is 11.8 Å². The molecule has 1 aromatic heterocycles. The van der Waals surface area contributed by atoms with Crippen LogP contribution < -0.4 is 10.6 Å². The number of likely N-dealkylation sites (tertiary alicyclic amines) is 1. The summed E-state index contributed by atoms with van der Waals surface area (Å²) in [4.78, 5) is 45.4. The Hall–Kier alpha value is -3.45. The van der Waals surface area contributed by atoms with E-state index >= 15 is 0 Å². The van der Waals surface area contributed by atoms with Crippen LogP contribution in [0.5, 0.6) is 0 Å². The van der Waals surface area contributed by atoms with Gasteiger partial charge in [0.25, 0.3) is 0 Å². The molecular weight excluding hydrogens is 416 g/mol. The first kappa shape index (κ1) is 20.2. The van der Waals surface area contributed by atoms with Crippen molar-refractivity contribution in [3.63, 3.8) is 0 Å². The molecule has 7 heteroatoms. The molecule has 168 valence electrons. The van der Waals surface area contributed by atoms with Gasteiger partial charge in [0.1, 0.15) is 5.54 Å². The van der Waals surface area contributed by atoms with Gasteiger partial charge in [0.2, 0.25) is 17.7 Å². The molecule has 7 nitrogen and oxygen atoms in total. The van der Waals surface area contributed by atoms with Crippen molar-refractivity contribution in [1.82, 2.24) is 15.2 Å². The number of para-hydroxylation sites is 2. The average molecular weight is 443 g/mol. The van der Waals surface area contributed by atoms with Crippen molar-refractivity contribution < 1.29 is 14.4 Å². The van der Waals surface area contributed by atoms with Gasteiger partial charge in [-0.25, -0.2) is 0 Å². The van der Waals surface area contributed by atoms with E-state index in [0.29, 0.717) is 18.7 Å². The summed E-state index contributed by atoms with van der Waals surface area (Å²) < 4.78 is 0. The first-order chi connectivity index (χ1) is 16.1. The summed E-state index contributed by atoms with van der Waals surface area (Å²) in [7, 11) is 0. The molecule has 6 rings (SSSR count). The number of hydrogen-bond acceptors (Lipinski definition) is 4. The monoisotopic (exact) mass is 442 g/mol. The van der Waals surface area contributed by atoms with Gasteiger partial charge in [-0.05, 0) is 30.5 Å². The number of carbonyl (C=O) groups is 3. The molecule has 4 heterocycles. The molecule has 2 saturated heterocycles. The summed E-state index contributed by atoms with van der Waals surface area (Å²) in [5.74, 6) is -1.98. The van der Waals surface area contributed by atoms with E-state index in [2.05, 4.69) is 21.7 Å². The smallest absolute Gasteiger partial charge is 0.250 e. The normalized spacial score (nSPS) is 28.1. The Kier molecular flexibility index (Phi) is 4.45. The van der Waals surface area contributed by atoms with Crippen LogP contribution in [0.15, 0.2) is 54.7 Å². The zero-order chi connectivity index (χ0) is 22.7. The quantitative estimate of drug-likeness (QED) is 0.530. The zero-order valence-corrected chi connectivity index (χ0v) is 18.4. The van der Waals surface area contributed by atoms with Gasteiger partial charge in [-0.1, -0.05) is 49.7 Å². The number of imide groups is 1. The average Bonchev–Trinajstić information content (AvgIpc) is 3.53. The number of nitrogens with zero attached hydrogens (tertiary/aromatic N) is 1. The summed E-state index contributed by atoms with van der Waals surface area (Å²) in [6, 6.07) is 15.2. The molecule has 3 aliphatic heterocycles. The minimum atomic E-state index is -1.23. The molecule has 3 aliphatic rings. The first-order valence-electron chi connectivity index (χ1n) is 11.6. The fourth-order valence-corrected chi connectivity index (χ4v) is 6.07. The van der Waals surface area contributed by atoms with Crippen LogP contribution in [0.3, 0.4) is 0 Å². The molecule has 33 heavy (non-hydrogen) atoms. The van der Waals surface area contributed by atoms with Crippen molar-refractivity contribution in [3.05, 3.63) is 65.9 Å². The Morgan fingerprint density at radius 3 is 2.64 bits per heavy atom. The fraction of sp³-hybridized carbons (Fsp3) is 0.346. The Bertz CT molecular complexity index is 1300. The van der Waals surface area contributed by atoms with Gasteiger partial charge in [-0.2, -0.15) is 0 Å². The second-order valence-corrected chi connectivity index (χ2v) is 9.31. The third-order valence-electron chi connectivity index (χ3n) is 7.56. The first-order valence-corrected chi connectivity index (χ1v) is 11.6. The predicted octanol–water partition coefficient (Wildman–Crippen LogP) is 2.93. The van der Waals surface area contributed by atoms with Crippen molar-refractivity contribution in [3.8, 4) is 0 Å². The summed E-state index contributed by atoms with van der Waals surface area (Å²) in [5.41, 5.74) is 2.32. The Balaban J connectivity index is 1.46. The highest BCUT2D eigenvalue weighted by Gasteiger charge is 2.70. The van der Waals surface area contributed by atoms with E-state index in [1.807, 2.05) is 55.6 Å². The van der Waals surface area contributed by atoms with Gasteiger partial charge < -0.3 is 10.3 Å². The van der Waals surface area contributed by atoms with Crippen LogP contribution in [0.1, 0.15) is 30.9 Å². The highest BCUT2D eigenvalue weighted by atomic mass is 16.2.